The van der Waals surface area contributed by atoms with Crippen molar-refractivity contribution >= 4 is 17.7 Å². The van der Waals surface area contributed by atoms with Gasteiger partial charge in [-0.1, -0.05) is 48.5 Å². The first kappa shape index (κ1) is 20.8. The number of rotatable bonds is 5. The van der Waals surface area contributed by atoms with E-state index in [2.05, 4.69) is 17.0 Å². The number of halogens is 1. The quantitative estimate of drug-likeness (QED) is 0.599. The molecule has 6 heteroatoms. The minimum absolute atomic E-state index is 0.211. The fraction of sp³-hybridized carbons (Fsp3) is 0.200. The van der Waals surface area contributed by atoms with Crippen molar-refractivity contribution in [1.29, 1.82) is 0 Å². The van der Waals surface area contributed by atoms with Gasteiger partial charge in [0.25, 0.3) is 11.5 Å². The van der Waals surface area contributed by atoms with Gasteiger partial charge in [-0.15, -0.1) is 0 Å². The molecule has 0 radical (unpaired) electrons. The molecule has 5 nitrogen and oxygen atoms in total. The largest absolute Gasteiger partial charge is 0.335 e. The van der Waals surface area contributed by atoms with Crippen LogP contribution in [0, 0.1) is 5.82 Å². The lowest BCUT2D eigenvalue weighted by atomic mass is 10.1. The summed E-state index contributed by atoms with van der Waals surface area (Å²) in [5.41, 5.74) is 1.87. The Balaban J connectivity index is 1.53. The van der Waals surface area contributed by atoms with Gasteiger partial charge in [0.15, 0.2) is 0 Å². The van der Waals surface area contributed by atoms with Crippen LogP contribution >= 0.6 is 0 Å². The van der Waals surface area contributed by atoms with Gasteiger partial charge < -0.3 is 4.90 Å². The van der Waals surface area contributed by atoms with Crippen LogP contribution in [0.5, 0.6) is 0 Å². The van der Waals surface area contributed by atoms with Crippen LogP contribution in [0.1, 0.15) is 11.1 Å². The van der Waals surface area contributed by atoms with Gasteiger partial charge in [-0.25, -0.2) is 4.39 Å². The number of carbonyl (C=O) groups excluding carboxylic acids is 1. The molecular formula is C25H24FN3O2. The van der Waals surface area contributed by atoms with Crippen molar-refractivity contribution in [3.05, 3.63) is 106 Å². The molecule has 0 saturated carbocycles. The second kappa shape index (κ2) is 9.53. The highest BCUT2D eigenvalue weighted by molar-refractivity contribution is 6.18. The van der Waals surface area contributed by atoms with Gasteiger partial charge in [0, 0.05) is 45.0 Å². The third-order valence-electron chi connectivity index (χ3n) is 5.38. The lowest BCUT2D eigenvalue weighted by Crippen LogP contribution is -2.49. The highest BCUT2D eigenvalue weighted by atomic mass is 19.1. The van der Waals surface area contributed by atoms with Gasteiger partial charge in [0.05, 0.1) is 0 Å². The van der Waals surface area contributed by atoms with Gasteiger partial charge in [0.1, 0.15) is 11.5 Å². The molecule has 1 aliphatic heterocycles. The predicted octanol–water partition coefficient (Wildman–Crippen LogP) is 3.33. The number of nitrogens with zero attached hydrogens (tertiary/aromatic N) is 3. The molecule has 1 aliphatic rings. The van der Waals surface area contributed by atoms with E-state index in [-0.39, 0.29) is 23.0 Å². The molecule has 1 amide bonds. The van der Waals surface area contributed by atoms with Crippen molar-refractivity contribution in [3.63, 3.8) is 0 Å². The Morgan fingerprint density at radius 1 is 0.871 bits per heavy atom. The Kier molecular flexibility index (Phi) is 6.38. The van der Waals surface area contributed by atoms with Gasteiger partial charge in [-0.05, 0) is 35.4 Å². The number of piperazine rings is 1. The minimum atomic E-state index is -0.351. The highest BCUT2D eigenvalue weighted by Crippen LogP contribution is 2.16. The first-order valence-electron chi connectivity index (χ1n) is 10.3. The summed E-state index contributed by atoms with van der Waals surface area (Å²) in [6, 6.07) is 20.9. The number of amides is 1. The molecule has 3 aromatic rings. The molecule has 1 saturated heterocycles. The third kappa shape index (κ3) is 5.16. The fourth-order valence-electron chi connectivity index (χ4n) is 3.69. The second-order valence-corrected chi connectivity index (χ2v) is 7.54. The third-order valence-corrected chi connectivity index (χ3v) is 5.38. The van der Waals surface area contributed by atoms with Crippen molar-refractivity contribution in [3.8, 4) is 0 Å². The lowest BCUT2D eigenvalue weighted by Gasteiger charge is -2.35. The zero-order valence-electron chi connectivity index (χ0n) is 17.2. The van der Waals surface area contributed by atoms with Gasteiger partial charge in [-0.3, -0.25) is 19.1 Å². The lowest BCUT2D eigenvalue weighted by molar-refractivity contribution is -0.127. The summed E-state index contributed by atoms with van der Waals surface area (Å²) in [5, 5.41) is 0. The maximum absolute atomic E-state index is 13.4. The summed E-state index contributed by atoms with van der Waals surface area (Å²) < 4.78 is 14.6. The average Bonchev–Trinajstić information content (AvgIpc) is 2.80. The van der Waals surface area contributed by atoms with Crippen molar-refractivity contribution in [2.24, 2.45) is 0 Å². The smallest absolute Gasteiger partial charge is 0.271 e. The molecule has 0 aliphatic carbocycles. The summed E-state index contributed by atoms with van der Waals surface area (Å²) in [7, 11) is 0. The van der Waals surface area contributed by atoms with Crippen molar-refractivity contribution in [1.82, 2.24) is 14.4 Å². The Morgan fingerprint density at radius 2 is 1.55 bits per heavy atom. The summed E-state index contributed by atoms with van der Waals surface area (Å²) in [4.78, 5) is 29.9. The SMILES string of the molecule is O=C(C(=Cc1ccc(F)cc1)n1ccccc1=O)N1CCN(Cc2ccccc2)CC1. The van der Waals surface area contributed by atoms with Crippen LogP contribution in [-0.2, 0) is 11.3 Å². The predicted molar refractivity (Wildman–Crippen MR) is 120 cm³/mol. The second-order valence-electron chi connectivity index (χ2n) is 7.54. The van der Waals surface area contributed by atoms with Crippen LogP contribution in [0.15, 0.2) is 83.8 Å². The van der Waals surface area contributed by atoms with E-state index < -0.39 is 0 Å². The molecule has 1 fully saturated rings. The molecule has 2 aromatic carbocycles. The monoisotopic (exact) mass is 417 g/mol. The van der Waals surface area contributed by atoms with Gasteiger partial charge in [0.2, 0.25) is 0 Å². The number of carbonyl (C=O) groups is 1. The van der Waals surface area contributed by atoms with E-state index in [1.54, 1.807) is 41.4 Å². The fourth-order valence-corrected chi connectivity index (χ4v) is 3.69. The van der Waals surface area contributed by atoms with Crippen LogP contribution < -0.4 is 5.56 Å². The summed E-state index contributed by atoms with van der Waals surface area (Å²) in [5.74, 6) is -0.562. The normalized spacial score (nSPS) is 15.1. The van der Waals surface area contributed by atoms with Crippen LogP contribution in [0.25, 0.3) is 11.8 Å². The number of pyridine rings is 1. The first-order chi connectivity index (χ1) is 15.1. The van der Waals surface area contributed by atoms with E-state index in [1.807, 2.05) is 18.2 Å². The molecule has 1 aromatic heterocycles. The molecule has 31 heavy (non-hydrogen) atoms. The van der Waals surface area contributed by atoms with Crippen LogP contribution in [0.2, 0.25) is 0 Å². The molecule has 0 atom stereocenters. The molecule has 0 spiro atoms. The van der Waals surface area contributed by atoms with E-state index in [1.165, 1.54) is 28.3 Å². The van der Waals surface area contributed by atoms with Crippen molar-refractivity contribution in [2.45, 2.75) is 6.54 Å². The van der Waals surface area contributed by atoms with Crippen LogP contribution in [-0.4, -0.2) is 46.5 Å². The van der Waals surface area contributed by atoms with E-state index >= 15 is 0 Å². The minimum Gasteiger partial charge on any atom is -0.335 e. The molecule has 0 bridgehead atoms. The standard InChI is InChI=1S/C25H24FN3O2/c26-22-11-9-20(10-12-22)18-23(29-13-5-4-8-24(29)30)25(31)28-16-14-27(15-17-28)19-21-6-2-1-3-7-21/h1-13,18H,14-17,19H2. The first-order valence-corrected chi connectivity index (χ1v) is 10.3. The molecular weight excluding hydrogens is 393 g/mol. The van der Waals surface area contributed by atoms with Crippen LogP contribution in [0.3, 0.4) is 0 Å². The zero-order chi connectivity index (χ0) is 21.6. The van der Waals surface area contributed by atoms with E-state index in [9.17, 15) is 14.0 Å². The van der Waals surface area contributed by atoms with E-state index in [0.29, 0.717) is 18.7 Å². The Bertz CT molecular complexity index is 1120. The van der Waals surface area contributed by atoms with E-state index in [4.69, 9.17) is 0 Å². The zero-order valence-corrected chi connectivity index (χ0v) is 17.2. The summed E-state index contributed by atoms with van der Waals surface area (Å²) in [6.45, 7) is 3.52. The Hall–Kier alpha value is -3.51. The Labute approximate surface area is 180 Å². The Morgan fingerprint density at radius 3 is 2.23 bits per heavy atom. The highest BCUT2D eigenvalue weighted by Gasteiger charge is 2.25. The van der Waals surface area contributed by atoms with Crippen LogP contribution in [0.4, 0.5) is 4.39 Å². The average molecular weight is 417 g/mol. The number of aromatic nitrogens is 1. The summed E-state index contributed by atoms with van der Waals surface area (Å²) in [6.07, 6.45) is 3.22. The molecule has 0 unspecified atom stereocenters. The maximum Gasteiger partial charge on any atom is 0.271 e. The van der Waals surface area contributed by atoms with Gasteiger partial charge in [-0.2, -0.15) is 0 Å². The number of hydrogen-bond donors (Lipinski definition) is 0. The molecule has 2 heterocycles. The van der Waals surface area contributed by atoms with Crippen molar-refractivity contribution < 1.29 is 9.18 Å². The van der Waals surface area contributed by atoms with Gasteiger partial charge >= 0.3 is 0 Å². The topological polar surface area (TPSA) is 45.6 Å². The maximum atomic E-state index is 13.4. The summed E-state index contributed by atoms with van der Waals surface area (Å²) >= 11 is 0. The molecule has 0 N–H and O–H groups in total. The van der Waals surface area contributed by atoms with Crippen molar-refractivity contribution in [2.75, 3.05) is 26.2 Å². The number of benzene rings is 2. The molecule has 4 rings (SSSR count). The number of hydrogen-bond acceptors (Lipinski definition) is 3. The van der Waals surface area contributed by atoms with E-state index in [0.717, 1.165) is 19.6 Å². The molecule has 158 valence electrons.